The first-order valence-electron chi connectivity index (χ1n) is 7.63. The van der Waals surface area contributed by atoms with Gasteiger partial charge in [0, 0.05) is 11.6 Å². The molecule has 2 aromatic rings. The normalized spacial score (nSPS) is 9.85. The van der Waals surface area contributed by atoms with Crippen LogP contribution in [0.15, 0.2) is 42.5 Å². The third kappa shape index (κ3) is 5.08. The summed E-state index contributed by atoms with van der Waals surface area (Å²) in [6, 6.07) is 10.1. The zero-order chi connectivity index (χ0) is 19.8. The number of amides is 2. The molecule has 0 aliphatic rings. The average molecular weight is 375 g/mol. The van der Waals surface area contributed by atoms with Crippen LogP contribution in [-0.2, 0) is 4.79 Å². The number of methoxy groups -OCH3 is 2. The summed E-state index contributed by atoms with van der Waals surface area (Å²) in [5.41, 5.74) is 4.34. The van der Waals surface area contributed by atoms with Crippen molar-refractivity contribution in [2.24, 2.45) is 0 Å². The average Bonchev–Trinajstić information content (AvgIpc) is 2.69. The number of nitro benzene ring substituents is 1. The molecule has 10 nitrogen and oxygen atoms in total. The second kappa shape index (κ2) is 9.04. The molecule has 0 radical (unpaired) electrons. The van der Waals surface area contributed by atoms with Crippen LogP contribution in [0.2, 0.25) is 0 Å². The van der Waals surface area contributed by atoms with Crippen molar-refractivity contribution >= 4 is 17.5 Å². The van der Waals surface area contributed by atoms with Crippen molar-refractivity contribution in [3.8, 4) is 17.2 Å². The summed E-state index contributed by atoms with van der Waals surface area (Å²) in [5, 5.41) is 10.9. The Bertz CT molecular complexity index is 854. The first kappa shape index (κ1) is 19.5. The maximum Gasteiger partial charge on any atom is 0.310 e. The van der Waals surface area contributed by atoms with Gasteiger partial charge in [-0.2, -0.15) is 0 Å². The number of nitrogens with zero attached hydrogens (tertiary/aromatic N) is 1. The third-order valence-electron chi connectivity index (χ3n) is 3.38. The summed E-state index contributed by atoms with van der Waals surface area (Å²) in [6.45, 7) is -0.517. The molecule has 0 fully saturated rings. The lowest BCUT2D eigenvalue weighted by molar-refractivity contribution is -0.385. The van der Waals surface area contributed by atoms with Gasteiger partial charge in [-0.15, -0.1) is 0 Å². The molecule has 10 heteroatoms. The molecule has 0 atom stereocenters. The van der Waals surface area contributed by atoms with Crippen LogP contribution in [0.4, 0.5) is 5.69 Å². The summed E-state index contributed by atoms with van der Waals surface area (Å²) < 4.78 is 15.3. The van der Waals surface area contributed by atoms with Crippen molar-refractivity contribution in [3.05, 3.63) is 58.1 Å². The van der Waals surface area contributed by atoms with Crippen molar-refractivity contribution in [1.29, 1.82) is 0 Å². The number of para-hydroxylation sites is 2. The van der Waals surface area contributed by atoms with Crippen molar-refractivity contribution in [2.45, 2.75) is 0 Å². The molecule has 27 heavy (non-hydrogen) atoms. The zero-order valence-electron chi connectivity index (χ0n) is 14.6. The van der Waals surface area contributed by atoms with Gasteiger partial charge < -0.3 is 14.2 Å². The van der Waals surface area contributed by atoms with Crippen LogP contribution < -0.4 is 25.1 Å². The molecule has 0 unspecified atom stereocenters. The summed E-state index contributed by atoms with van der Waals surface area (Å²) >= 11 is 0. The Labute approximate surface area is 154 Å². The van der Waals surface area contributed by atoms with Gasteiger partial charge in [-0.1, -0.05) is 12.1 Å². The Morgan fingerprint density at radius 2 is 1.70 bits per heavy atom. The quantitative estimate of drug-likeness (QED) is 0.553. The van der Waals surface area contributed by atoms with Crippen LogP contribution in [0.25, 0.3) is 0 Å². The van der Waals surface area contributed by atoms with Crippen molar-refractivity contribution in [1.82, 2.24) is 10.9 Å². The number of hydrogen-bond donors (Lipinski definition) is 2. The van der Waals surface area contributed by atoms with Gasteiger partial charge in [0.15, 0.2) is 23.9 Å². The lowest BCUT2D eigenvalue weighted by Crippen LogP contribution is -2.43. The van der Waals surface area contributed by atoms with Gasteiger partial charge in [0.2, 0.25) is 0 Å². The Morgan fingerprint density at radius 3 is 2.37 bits per heavy atom. The van der Waals surface area contributed by atoms with Crippen LogP contribution >= 0.6 is 0 Å². The van der Waals surface area contributed by atoms with E-state index in [1.165, 1.54) is 44.6 Å². The molecule has 0 aliphatic heterocycles. The van der Waals surface area contributed by atoms with E-state index >= 15 is 0 Å². The summed E-state index contributed by atoms with van der Waals surface area (Å²) in [6.07, 6.45) is 0. The van der Waals surface area contributed by atoms with E-state index in [0.29, 0.717) is 11.5 Å². The largest absolute Gasteiger partial charge is 0.493 e. The number of rotatable bonds is 7. The second-order valence-electron chi connectivity index (χ2n) is 5.09. The second-order valence-corrected chi connectivity index (χ2v) is 5.09. The maximum atomic E-state index is 12.1. The molecule has 0 heterocycles. The monoisotopic (exact) mass is 375 g/mol. The van der Waals surface area contributed by atoms with Crippen LogP contribution in [0.5, 0.6) is 17.2 Å². The number of hydrazine groups is 1. The number of ether oxygens (including phenoxy) is 3. The molecule has 0 saturated carbocycles. The molecule has 0 spiro atoms. The van der Waals surface area contributed by atoms with E-state index < -0.39 is 23.3 Å². The van der Waals surface area contributed by atoms with Crippen LogP contribution in [0, 0.1) is 10.1 Å². The molecule has 2 aromatic carbocycles. The molecular weight excluding hydrogens is 358 g/mol. The molecule has 142 valence electrons. The number of benzene rings is 2. The molecular formula is C17H17N3O7. The van der Waals surface area contributed by atoms with Gasteiger partial charge >= 0.3 is 5.69 Å². The fourth-order valence-corrected chi connectivity index (χ4v) is 2.09. The minimum atomic E-state index is -0.693. The van der Waals surface area contributed by atoms with Gasteiger partial charge in [0.05, 0.1) is 19.1 Å². The Balaban J connectivity index is 1.90. The van der Waals surface area contributed by atoms with Gasteiger partial charge in [-0.05, 0) is 24.3 Å². The van der Waals surface area contributed by atoms with E-state index in [4.69, 9.17) is 14.2 Å². The molecule has 2 rings (SSSR count). The van der Waals surface area contributed by atoms with Gasteiger partial charge in [0.1, 0.15) is 0 Å². The number of nitrogens with one attached hydrogen (secondary N) is 2. The molecule has 0 saturated heterocycles. The lowest BCUT2D eigenvalue weighted by atomic mass is 10.2. The molecule has 0 bridgehead atoms. The minimum absolute atomic E-state index is 0.0520. The van der Waals surface area contributed by atoms with Crippen LogP contribution in [0.3, 0.4) is 0 Å². The Kier molecular flexibility index (Phi) is 6.53. The van der Waals surface area contributed by atoms with Gasteiger partial charge in [-0.25, -0.2) is 0 Å². The van der Waals surface area contributed by atoms with E-state index in [9.17, 15) is 19.7 Å². The zero-order valence-corrected chi connectivity index (χ0v) is 14.6. The van der Waals surface area contributed by atoms with E-state index in [1.54, 1.807) is 12.1 Å². The molecule has 2 N–H and O–H groups in total. The number of carbonyl (C=O) groups is 2. The van der Waals surface area contributed by atoms with E-state index in [1.807, 2.05) is 0 Å². The summed E-state index contributed by atoms with van der Waals surface area (Å²) in [7, 11) is 2.90. The molecule has 0 aromatic heterocycles. The number of carbonyl (C=O) groups excluding carboxylic acids is 2. The van der Waals surface area contributed by atoms with E-state index in [-0.39, 0.29) is 17.0 Å². The summed E-state index contributed by atoms with van der Waals surface area (Å²) in [5.74, 6) is -0.520. The number of nitro groups is 1. The fourth-order valence-electron chi connectivity index (χ4n) is 2.09. The molecule has 2 amide bonds. The highest BCUT2D eigenvalue weighted by molar-refractivity contribution is 5.96. The van der Waals surface area contributed by atoms with Gasteiger partial charge in [-0.3, -0.25) is 30.6 Å². The number of hydrogen-bond acceptors (Lipinski definition) is 7. The predicted octanol–water partition coefficient (Wildman–Crippen LogP) is 1.45. The van der Waals surface area contributed by atoms with Gasteiger partial charge in [0.25, 0.3) is 11.8 Å². The van der Waals surface area contributed by atoms with E-state index in [0.717, 1.165) is 0 Å². The Hall–Kier alpha value is -3.82. The predicted molar refractivity (Wildman–Crippen MR) is 93.7 cm³/mol. The highest BCUT2D eigenvalue weighted by Gasteiger charge is 2.16. The standard InChI is InChI=1S/C17H17N3O7/c1-25-14-8-7-11(9-15(14)26-2)17(22)19-18-16(21)10-27-13-6-4-3-5-12(13)20(23)24/h3-9H,10H2,1-2H3,(H,18,21)(H,19,22). The Morgan fingerprint density at radius 1 is 1.00 bits per heavy atom. The smallest absolute Gasteiger partial charge is 0.310 e. The SMILES string of the molecule is COc1ccc(C(=O)NNC(=O)COc2ccccc2[N+](=O)[O-])cc1OC. The molecule has 0 aliphatic carbocycles. The first-order valence-corrected chi connectivity index (χ1v) is 7.63. The van der Waals surface area contributed by atoms with Crippen LogP contribution in [-0.4, -0.2) is 37.6 Å². The van der Waals surface area contributed by atoms with Crippen molar-refractivity contribution < 1.29 is 28.7 Å². The van der Waals surface area contributed by atoms with Crippen molar-refractivity contribution in [2.75, 3.05) is 20.8 Å². The van der Waals surface area contributed by atoms with E-state index in [2.05, 4.69) is 10.9 Å². The minimum Gasteiger partial charge on any atom is -0.493 e. The highest BCUT2D eigenvalue weighted by Crippen LogP contribution is 2.27. The fraction of sp³-hybridized carbons (Fsp3) is 0.176. The third-order valence-corrected chi connectivity index (χ3v) is 3.38. The lowest BCUT2D eigenvalue weighted by Gasteiger charge is -2.11. The maximum absolute atomic E-state index is 12.1. The van der Waals surface area contributed by atoms with Crippen LogP contribution in [0.1, 0.15) is 10.4 Å². The summed E-state index contributed by atoms with van der Waals surface area (Å²) in [4.78, 5) is 34.1. The van der Waals surface area contributed by atoms with Crippen molar-refractivity contribution in [3.63, 3.8) is 0 Å². The topological polar surface area (TPSA) is 129 Å². The highest BCUT2D eigenvalue weighted by atomic mass is 16.6. The first-order chi connectivity index (χ1) is 13.0.